The van der Waals surface area contributed by atoms with Gasteiger partial charge in [0.1, 0.15) is 5.60 Å². The number of aromatic nitrogens is 1. The maximum Gasteiger partial charge on any atom is 0.410 e. The molecule has 1 aliphatic heterocycles. The van der Waals surface area contributed by atoms with E-state index in [1.807, 2.05) is 20.8 Å². The number of pyridine rings is 1. The molecular formula is C16H24ClN3O2. The van der Waals surface area contributed by atoms with E-state index >= 15 is 0 Å². The first kappa shape index (κ1) is 16.9. The van der Waals surface area contributed by atoms with E-state index in [9.17, 15) is 4.79 Å². The number of likely N-dealkylation sites (N-methyl/N-ethyl adjacent to an activating group) is 1. The van der Waals surface area contributed by atoms with Crippen LogP contribution in [-0.4, -0.2) is 47.8 Å². The van der Waals surface area contributed by atoms with Gasteiger partial charge in [-0.15, -0.1) is 0 Å². The van der Waals surface area contributed by atoms with Gasteiger partial charge < -0.3 is 14.5 Å². The number of ether oxygens (including phenoxy) is 1. The van der Waals surface area contributed by atoms with Crippen LogP contribution in [0.3, 0.4) is 0 Å². The minimum absolute atomic E-state index is 0.111. The Morgan fingerprint density at radius 1 is 1.50 bits per heavy atom. The molecule has 1 unspecified atom stereocenters. The number of hydrogen-bond acceptors (Lipinski definition) is 4. The Bertz CT molecular complexity index is 530. The molecule has 22 heavy (non-hydrogen) atoms. The van der Waals surface area contributed by atoms with Gasteiger partial charge in [0.25, 0.3) is 0 Å². The number of carbonyl (C=O) groups excluding carboxylic acids is 1. The topological polar surface area (TPSA) is 45.7 Å². The lowest BCUT2D eigenvalue weighted by atomic mass is 10.0. The third-order valence-corrected chi connectivity index (χ3v) is 4.03. The molecule has 0 N–H and O–H groups in total. The maximum atomic E-state index is 12.2. The van der Waals surface area contributed by atoms with Crippen LogP contribution in [0, 0.1) is 0 Å². The van der Waals surface area contributed by atoms with Crippen molar-refractivity contribution in [3.8, 4) is 0 Å². The summed E-state index contributed by atoms with van der Waals surface area (Å²) in [5, 5.41) is 0.690. The first-order valence-electron chi connectivity index (χ1n) is 7.58. The molecule has 0 radical (unpaired) electrons. The van der Waals surface area contributed by atoms with Crippen molar-refractivity contribution in [3.63, 3.8) is 0 Å². The first-order chi connectivity index (χ1) is 10.3. The molecule has 122 valence electrons. The Morgan fingerprint density at radius 2 is 2.23 bits per heavy atom. The van der Waals surface area contributed by atoms with Gasteiger partial charge in [0.05, 0.1) is 22.9 Å². The monoisotopic (exact) mass is 325 g/mol. The fourth-order valence-electron chi connectivity index (χ4n) is 2.57. The van der Waals surface area contributed by atoms with Gasteiger partial charge in [0.2, 0.25) is 0 Å². The van der Waals surface area contributed by atoms with Gasteiger partial charge >= 0.3 is 6.09 Å². The van der Waals surface area contributed by atoms with Crippen LogP contribution in [0.15, 0.2) is 18.5 Å². The summed E-state index contributed by atoms with van der Waals surface area (Å²) >= 11 is 6.25. The molecule has 1 aromatic rings. The second-order valence-electron chi connectivity index (χ2n) is 6.66. The summed E-state index contributed by atoms with van der Waals surface area (Å²) in [5.74, 6) is 0. The smallest absolute Gasteiger partial charge is 0.410 e. The van der Waals surface area contributed by atoms with E-state index < -0.39 is 5.60 Å². The summed E-state index contributed by atoms with van der Waals surface area (Å²) in [6.45, 7) is 7.29. The molecule has 2 heterocycles. The molecule has 0 aromatic carbocycles. The van der Waals surface area contributed by atoms with Crippen LogP contribution in [0.1, 0.15) is 33.6 Å². The van der Waals surface area contributed by atoms with Gasteiger partial charge in [-0.2, -0.15) is 0 Å². The van der Waals surface area contributed by atoms with Crippen LogP contribution in [0.2, 0.25) is 5.02 Å². The highest BCUT2D eigenvalue weighted by Crippen LogP contribution is 2.28. The highest BCUT2D eigenvalue weighted by Gasteiger charge is 2.29. The van der Waals surface area contributed by atoms with E-state index in [4.69, 9.17) is 16.3 Å². The normalized spacial score (nSPS) is 19.0. The number of nitrogens with zero attached hydrogens (tertiary/aromatic N) is 3. The predicted molar refractivity (Wildman–Crippen MR) is 88.5 cm³/mol. The van der Waals surface area contributed by atoms with Gasteiger partial charge in [-0.3, -0.25) is 4.98 Å². The molecule has 0 saturated carbocycles. The number of halogens is 1. The zero-order valence-electron chi connectivity index (χ0n) is 13.7. The summed E-state index contributed by atoms with van der Waals surface area (Å²) in [6.07, 6.45) is 5.14. The zero-order chi connectivity index (χ0) is 16.3. The second-order valence-corrected chi connectivity index (χ2v) is 7.07. The van der Waals surface area contributed by atoms with Gasteiger partial charge in [-0.25, -0.2) is 4.79 Å². The molecular weight excluding hydrogens is 302 g/mol. The van der Waals surface area contributed by atoms with Crippen molar-refractivity contribution in [3.05, 3.63) is 23.5 Å². The number of anilines is 1. The molecule has 0 aliphatic carbocycles. The molecule has 2 rings (SSSR count). The van der Waals surface area contributed by atoms with E-state index in [-0.39, 0.29) is 12.1 Å². The van der Waals surface area contributed by atoms with Crippen molar-refractivity contribution in [2.45, 2.75) is 45.3 Å². The SMILES string of the molecule is CN(C(=O)OC(C)(C)C)C1CCCN(c2cnccc2Cl)C1. The number of rotatable bonds is 2. The molecule has 0 spiro atoms. The highest BCUT2D eigenvalue weighted by molar-refractivity contribution is 6.33. The average molecular weight is 326 g/mol. The van der Waals surface area contributed by atoms with Gasteiger partial charge in [-0.1, -0.05) is 11.6 Å². The summed E-state index contributed by atoms with van der Waals surface area (Å²) in [4.78, 5) is 20.2. The minimum Gasteiger partial charge on any atom is -0.444 e. The third-order valence-electron chi connectivity index (χ3n) is 3.71. The van der Waals surface area contributed by atoms with E-state index in [2.05, 4.69) is 9.88 Å². The van der Waals surface area contributed by atoms with Crippen LogP contribution in [-0.2, 0) is 4.74 Å². The van der Waals surface area contributed by atoms with Crippen molar-refractivity contribution in [2.24, 2.45) is 0 Å². The van der Waals surface area contributed by atoms with Gasteiger partial charge in [-0.05, 0) is 39.7 Å². The number of carbonyl (C=O) groups is 1. The third kappa shape index (κ3) is 4.26. The highest BCUT2D eigenvalue weighted by atomic mass is 35.5. The molecule has 1 fully saturated rings. The van der Waals surface area contributed by atoms with E-state index in [0.717, 1.165) is 31.6 Å². The largest absolute Gasteiger partial charge is 0.444 e. The fraction of sp³-hybridized carbons (Fsp3) is 0.625. The van der Waals surface area contributed by atoms with Crippen molar-refractivity contribution in [1.82, 2.24) is 9.88 Å². The summed E-state index contributed by atoms with van der Waals surface area (Å²) in [7, 11) is 1.80. The fourth-order valence-corrected chi connectivity index (χ4v) is 2.80. The summed E-state index contributed by atoms with van der Waals surface area (Å²) < 4.78 is 5.45. The standard InChI is InChI=1S/C16H24ClN3O2/c1-16(2,3)22-15(21)19(4)12-6-5-9-20(11-12)14-10-18-8-7-13(14)17/h7-8,10,12H,5-6,9,11H2,1-4H3. The van der Waals surface area contributed by atoms with Crippen molar-refractivity contribution < 1.29 is 9.53 Å². The van der Waals surface area contributed by atoms with E-state index in [0.29, 0.717) is 5.02 Å². The lowest BCUT2D eigenvalue weighted by Gasteiger charge is -2.39. The molecule has 1 atom stereocenters. The van der Waals surface area contributed by atoms with E-state index in [1.165, 1.54) is 0 Å². The van der Waals surface area contributed by atoms with Crippen LogP contribution < -0.4 is 4.90 Å². The quantitative estimate of drug-likeness (QED) is 0.834. The summed E-state index contributed by atoms with van der Waals surface area (Å²) in [6, 6.07) is 1.90. The molecule has 6 heteroatoms. The predicted octanol–water partition coefficient (Wildman–Crippen LogP) is 3.57. The van der Waals surface area contributed by atoms with Crippen LogP contribution in [0.4, 0.5) is 10.5 Å². The Morgan fingerprint density at radius 3 is 2.86 bits per heavy atom. The Hall–Kier alpha value is -1.49. The van der Waals surface area contributed by atoms with Crippen molar-refractivity contribution in [2.75, 3.05) is 25.0 Å². The number of hydrogen-bond donors (Lipinski definition) is 0. The van der Waals surface area contributed by atoms with Crippen molar-refractivity contribution >= 4 is 23.4 Å². The van der Waals surface area contributed by atoms with Crippen LogP contribution >= 0.6 is 11.6 Å². The lowest BCUT2D eigenvalue weighted by molar-refractivity contribution is 0.0210. The van der Waals surface area contributed by atoms with Gasteiger partial charge in [0.15, 0.2) is 0 Å². The molecule has 1 aromatic heterocycles. The zero-order valence-corrected chi connectivity index (χ0v) is 14.4. The molecule has 1 amide bonds. The van der Waals surface area contributed by atoms with Crippen molar-refractivity contribution in [1.29, 1.82) is 0 Å². The van der Waals surface area contributed by atoms with Gasteiger partial charge in [0, 0.05) is 26.3 Å². The first-order valence-corrected chi connectivity index (χ1v) is 7.96. The lowest BCUT2D eigenvalue weighted by Crippen LogP contribution is -2.49. The summed E-state index contributed by atoms with van der Waals surface area (Å²) in [5.41, 5.74) is 0.443. The number of amides is 1. The Labute approximate surface area is 137 Å². The molecule has 1 aliphatic rings. The number of piperidine rings is 1. The van der Waals surface area contributed by atoms with Crippen LogP contribution in [0.5, 0.6) is 0 Å². The van der Waals surface area contributed by atoms with E-state index in [1.54, 1.807) is 30.4 Å². The average Bonchev–Trinajstić information content (AvgIpc) is 2.45. The Kier molecular flexibility index (Phi) is 5.16. The minimum atomic E-state index is -0.480. The molecule has 1 saturated heterocycles. The molecule has 0 bridgehead atoms. The van der Waals surface area contributed by atoms with Crippen LogP contribution in [0.25, 0.3) is 0 Å². The molecule has 5 nitrogen and oxygen atoms in total. The Balaban J connectivity index is 2.04. The second kappa shape index (κ2) is 6.73. The maximum absolute atomic E-state index is 12.2.